The number of carbonyl (C=O) groups is 1. The van der Waals surface area contributed by atoms with E-state index in [0.29, 0.717) is 0 Å². The largest absolute Gasteiger partial charge is 0.461 e. The van der Waals surface area contributed by atoms with Crippen LogP contribution in [0.5, 0.6) is 0 Å². The lowest BCUT2D eigenvalue weighted by molar-refractivity contribution is -0.288. The van der Waals surface area contributed by atoms with Gasteiger partial charge in [-0.2, -0.15) is 8.78 Å². The van der Waals surface area contributed by atoms with Crippen molar-refractivity contribution in [2.45, 2.75) is 59.4 Å². The lowest BCUT2D eigenvalue weighted by atomic mass is 9.68. The van der Waals surface area contributed by atoms with Crippen molar-refractivity contribution in [1.82, 2.24) is 4.90 Å². The third kappa shape index (κ3) is 3.51. The molecule has 0 spiro atoms. The molecule has 0 aromatic rings. The Balaban J connectivity index is 6.35. The van der Waals surface area contributed by atoms with E-state index in [9.17, 15) is 4.79 Å². The topological polar surface area (TPSA) is 38.8 Å². The number of ether oxygens (including phenoxy) is 1. The molecule has 4 nitrogen and oxygen atoms in total. The maximum atomic E-state index is 15.2. The van der Waals surface area contributed by atoms with E-state index in [1.165, 1.54) is 25.9 Å². The minimum absolute atomic E-state index is 0.0981. The summed E-state index contributed by atoms with van der Waals surface area (Å²) >= 11 is 0. The summed E-state index contributed by atoms with van der Waals surface area (Å²) in [6.07, 6.45) is 0. The number of carbonyl (C=O) groups excluding carboxylic acids is 1. The van der Waals surface area contributed by atoms with Crippen molar-refractivity contribution in [2.75, 3.05) is 20.7 Å². The van der Waals surface area contributed by atoms with E-state index in [0.717, 1.165) is 0 Å². The van der Waals surface area contributed by atoms with Crippen molar-refractivity contribution in [3.8, 4) is 0 Å². The van der Waals surface area contributed by atoms with E-state index >= 15 is 8.78 Å². The monoisotopic (exact) mass is 339 g/mol. The molecule has 0 amide bonds. The molecule has 0 aliphatic heterocycles. The highest BCUT2D eigenvalue weighted by Gasteiger charge is 2.70. The van der Waals surface area contributed by atoms with Gasteiger partial charge in [-0.3, -0.25) is 4.90 Å². The summed E-state index contributed by atoms with van der Waals surface area (Å²) in [6.45, 7) is 12.2. The molecular formula is C15H31F2NO3Si. The molecule has 0 saturated heterocycles. The molecule has 0 aromatic heterocycles. The predicted molar refractivity (Wildman–Crippen MR) is 86.6 cm³/mol. The molecule has 0 radical (unpaired) electrons. The molecule has 1 unspecified atom stereocenters. The van der Waals surface area contributed by atoms with Crippen LogP contribution in [0.4, 0.5) is 8.78 Å². The molecule has 0 aromatic carbocycles. The van der Waals surface area contributed by atoms with Crippen molar-refractivity contribution in [3.63, 3.8) is 0 Å². The van der Waals surface area contributed by atoms with Crippen LogP contribution in [0.15, 0.2) is 0 Å². The fraction of sp³-hybridized carbons (Fsp3) is 0.933. The maximum absolute atomic E-state index is 15.2. The van der Waals surface area contributed by atoms with Gasteiger partial charge in [0.1, 0.15) is 0 Å². The molecule has 0 N–H and O–H groups in total. The molecule has 7 heteroatoms. The van der Waals surface area contributed by atoms with Crippen LogP contribution in [-0.2, 0) is 14.0 Å². The van der Waals surface area contributed by atoms with Gasteiger partial charge in [0.05, 0.1) is 6.61 Å². The van der Waals surface area contributed by atoms with Crippen molar-refractivity contribution in [1.29, 1.82) is 0 Å². The molecule has 22 heavy (non-hydrogen) atoms. The molecule has 0 bridgehead atoms. The quantitative estimate of drug-likeness (QED) is 0.387. The highest BCUT2D eigenvalue weighted by molar-refractivity contribution is 6.48. The highest BCUT2D eigenvalue weighted by Crippen LogP contribution is 2.51. The van der Waals surface area contributed by atoms with Crippen molar-refractivity contribution in [2.24, 2.45) is 11.3 Å². The van der Waals surface area contributed by atoms with Crippen LogP contribution in [0.1, 0.15) is 34.6 Å². The molecule has 0 fully saturated rings. The minimum Gasteiger partial charge on any atom is -0.461 e. The van der Waals surface area contributed by atoms with E-state index in [1.807, 2.05) is 26.9 Å². The van der Waals surface area contributed by atoms with Crippen LogP contribution >= 0.6 is 0 Å². The molecule has 132 valence electrons. The maximum Gasteiger partial charge on any atom is 0.383 e. The van der Waals surface area contributed by atoms with E-state index in [2.05, 4.69) is 4.74 Å². The van der Waals surface area contributed by atoms with Gasteiger partial charge in [-0.1, -0.05) is 27.7 Å². The fourth-order valence-corrected chi connectivity index (χ4v) is 4.03. The Morgan fingerprint density at radius 3 is 1.95 bits per heavy atom. The van der Waals surface area contributed by atoms with Crippen molar-refractivity contribution >= 4 is 15.0 Å². The Morgan fingerprint density at radius 2 is 1.68 bits per heavy atom. The fourth-order valence-electron chi connectivity index (χ4n) is 2.69. The predicted octanol–water partition coefficient (Wildman–Crippen LogP) is 3.12. The molecule has 0 heterocycles. The van der Waals surface area contributed by atoms with Gasteiger partial charge < -0.3 is 9.16 Å². The van der Waals surface area contributed by atoms with Crippen molar-refractivity contribution < 1.29 is 22.7 Å². The summed E-state index contributed by atoms with van der Waals surface area (Å²) in [5.41, 5.74) is -3.04. The summed E-state index contributed by atoms with van der Waals surface area (Å²) in [5.74, 6) is -5.45. The van der Waals surface area contributed by atoms with E-state index < -0.39 is 32.1 Å². The SMILES string of the molecule is CCOC(=O)C(F)(F)C(O[SiH](C)C)(N(C)C)C(C)(C)C(C)C. The molecule has 0 rings (SSSR count). The standard InChI is InChI=1S/C15H31F2NO3Si/c1-10-20-12(19)14(16,17)15(18(6)7,21-22(8)9)13(4,5)11(2)3/h11,22H,10H2,1-9H3. The third-order valence-electron chi connectivity index (χ3n) is 4.31. The summed E-state index contributed by atoms with van der Waals surface area (Å²) in [6, 6.07) is 0. The first-order valence-corrected chi connectivity index (χ1v) is 10.5. The second kappa shape index (κ2) is 7.36. The average Bonchev–Trinajstić information content (AvgIpc) is 2.34. The second-order valence-electron chi connectivity index (χ2n) is 6.88. The Hall–Kier alpha value is -0.533. The number of rotatable bonds is 8. The van der Waals surface area contributed by atoms with E-state index in [-0.39, 0.29) is 12.5 Å². The number of esters is 1. The van der Waals surface area contributed by atoms with Crippen LogP contribution in [0.2, 0.25) is 13.1 Å². The van der Waals surface area contributed by atoms with Gasteiger partial charge in [-0.25, -0.2) is 4.79 Å². The molecule has 0 saturated carbocycles. The van der Waals surface area contributed by atoms with Gasteiger partial charge >= 0.3 is 11.9 Å². The number of alkyl halides is 2. The lowest BCUT2D eigenvalue weighted by Crippen LogP contribution is -2.72. The van der Waals surface area contributed by atoms with E-state index in [4.69, 9.17) is 4.43 Å². The zero-order valence-corrected chi connectivity index (χ0v) is 16.4. The number of halogens is 2. The smallest absolute Gasteiger partial charge is 0.383 e. The summed E-state index contributed by atoms with van der Waals surface area (Å²) in [7, 11) is 1.16. The van der Waals surface area contributed by atoms with Gasteiger partial charge in [0, 0.05) is 5.41 Å². The Bertz CT molecular complexity index is 387. The number of hydrogen-bond acceptors (Lipinski definition) is 4. The van der Waals surface area contributed by atoms with Gasteiger partial charge in [-0.15, -0.1) is 0 Å². The van der Waals surface area contributed by atoms with Crippen LogP contribution in [0.25, 0.3) is 0 Å². The third-order valence-corrected chi connectivity index (χ3v) is 5.12. The van der Waals surface area contributed by atoms with Crippen LogP contribution in [0, 0.1) is 11.3 Å². The molecule has 0 aliphatic rings. The summed E-state index contributed by atoms with van der Waals surface area (Å²) in [5, 5.41) is 0. The van der Waals surface area contributed by atoms with Crippen molar-refractivity contribution in [3.05, 3.63) is 0 Å². The Kier molecular flexibility index (Phi) is 7.18. The van der Waals surface area contributed by atoms with Crippen LogP contribution in [0.3, 0.4) is 0 Å². The van der Waals surface area contributed by atoms with E-state index in [1.54, 1.807) is 13.8 Å². The first-order valence-electron chi connectivity index (χ1n) is 7.69. The van der Waals surface area contributed by atoms with Gasteiger partial charge in [0.2, 0.25) is 0 Å². The molecular weight excluding hydrogens is 308 g/mol. The van der Waals surface area contributed by atoms with Gasteiger partial charge in [0.25, 0.3) is 0 Å². The minimum atomic E-state index is -3.78. The Labute approximate surface area is 134 Å². The van der Waals surface area contributed by atoms with Gasteiger partial charge in [0.15, 0.2) is 14.8 Å². The first kappa shape index (κ1) is 21.5. The average molecular weight is 339 g/mol. The summed E-state index contributed by atoms with van der Waals surface area (Å²) in [4.78, 5) is 13.3. The number of nitrogens with zero attached hydrogens (tertiary/aromatic N) is 1. The zero-order chi connectivity index (χ0) is 17.9. The van der Waals surface area contributed by atoms with Gasteiger partial charge in [-0.05, 0) is 40.0 Å². The zero-order valence-electron chi connectivity index (χ0n) is 15.3. The Morgan fingerprint density at radius 1 is 1.23 bits per heavy atom. The highest BCUT2D eigenvalue weighted by atomic mass is 28.3. The molecule has 0 aliphatic carbocycles. The second-order valence-corrected chi connectivity index (χ2v) is 9.21. The normalized spacial score (nSPS) is 16.3. The first-order chi connectivity index (χ1) is 9.78. The number of hydrogen-bond donors (Lipinski definition) is 0. The molecule has 1 atom stereocenters. The van der Waals surface area contributed by atoms with Crippen LogP contribution in [-0.4, -0.2) is 52.3 Å². The lowest BCUT2D eigenvalue weighted by Gasteiger charge is -2.55. The summed E-state index contributed by atoms with van der Waals surface area (Å²) < 4.78 is 40.9. The van der Waals surface area contributed by atoms with Crippen LogP contribution < -0.4 is 0 Å².